The number of sulfonamides is 1. The van der Waals surface area contributed by atoms with Crippen LogP contribution in [0.25, 0.3) is 0 Å². The van der Waals surface area contributed by atoms with E-state index < -0.39 is 21.7 Å². The molecule has 10 heteroatoms. The molecule has 2 aromatic carbocycles. The Morgan fingerprint density at radius 1 is 1.15 bits per heavy atom. The Kier molecular flexibility index (Phi) is 6.81. The number of amides is 1. The second kappa shape index (κ2) is 9.46. The van der Waals surface area contributed by atoms with Gasteiger partial charge in [-0.15, -0.1) is 0 Å². The van der Waals surface area contributed by atoms with Gasteiger partial charge >= 0.3 is 0 Å². The van der Waals surface area contributed by atoms with Crippen molar-refractivity contribution < 1.29 is 26.7 Å². The van der Waals surface area contributed by atoms with Crippen LogP contribution >= 0.6 is 11.6 Å². The van der Waals surface area contributed by atoms with Crippen LogP contribution in [0.2, 0.25) is 5.02 Å². The van der Waals surface area contributed by atoms with Crippen LogP contribution in [0.15, 0.2) is 30.3 Å². The summed E-state index contributed by atoms with van der Waals surface area (Å²) in [5.41, 5.74) is 1.42. The zero-order chi connectivity index (χ0) is 23.8. The maximum absolute atomic E-state index is 14.7. The molecule has 0 bridgehead atoms. The summed E-state index contributed by atoms with van der Waals surface area (Å²) >= 11 is 6.16. The third-order valence-electron chi connectivity index (χ3n) is 5.98. The topological polar surface area (TPSA) is 75.7 Å². The molecule has 1 saturated heterocycles. The maximum Gasteiger partial charge on any atom is 0.265 e. The van der Waals surface area contributed by atoms with Crippen molar-refractivity contribution in [1.82, 2.24) is 4.72 Å². The molecule has 33 heavy (non-hydrogen) atoms. The van der Waals surface area contributed by atoms with Gasteiger partial charge in [0, 0.05) is 18.7 Å². The lowest BCUT2D eigenvalue weighted by Gasteiger charge is -2.34. The molecule has 2 fully saturated rings. The number of nitrogens with zero attached hydrogens (tertiary/aromatic N) is 1. The third kappa shape index (κ3) is 5.95. The molecule has 1 aliphatic heterocycles. The van der Waals surface area contributed by atoms with E-state index in [1.165, 1.54) is 18.2 Å². The average molecular weight is 499 g/mol. The number of carbonyl (C=O) groups excluding carboxylic acids is 1. The van der Waals surface area contributed by atoms with E-state index in [2.05, 4.69) is 4.90 Å². The number of benzene rings is 2. The van der Waals surface area contributed by atoms with Gasteiger partial charge in [-0.1, -0.05) is 11.6 Å². The molecule has 4 rings (SSSR count). The number of piperidine rings is 1. The quantitative estimate of drug-likeness (QED) is 0.609. The first-order valence-corrected chi connectivity index (χ1v) is 13.1. The molecule has 0 atom stereocenters. The van der Waals surface area contributed by atoms with Gasteiger partial charge in [0.2, 0.25) is 10.0 Å². The van der Waals surface area contributed by atoms with Gasteiger partial charge in [0.05, 0.1) is 23.6 Å². The molecule has 6 nitrogen and oxygen atoms in total. The van der Waals surface area contributed by atoms with Crippen LogP contribution < -0.4 is 14.4 Å². The summed E-state index contributed by atoms with van der Waals surface area (Å²) in [5.74, 6) is -1.55. The second-order valence-corrected chi connectivity index (χ2v) is 10.8. The fourth-order valence-electron chi connectivity index (χ4n) is 4.12. The first-order chi connectivity index (χ1) is 15.6. The molecule has 0 radical (unpaired) electrons. The number of anilines is 1. The van der Waals surface area contributed by atoms with Crippen LogP contribution in [-0.4, -0.2) is 40.3 Å². The number of rotatable bonds is 7. The highest BCUT2D eigenvalue weighted by molar-refractivity contribution is 7.89. The molecule has 0 unspecified atom stereocenters. The van der Waals surface area contributed by atoms with E-state index in [1.807, 2.05) is 4.72 Å². The molecule has 0 aromatic heterocycles. The maximum atomic E-state index is 14.7. The Hall–Kier alpha value is -2.39. The number of carbonyl (C=O) groups is 1. The van der Waals surface area contributed by atoms with Gasteiger partial charge in [0.25, 0.3) is 5.91 Å². The SMILES string of the molecule is CS(=O)(=O)NC(=O)c1cc(F)c(OCC2CCN(c3ccc(F)cc3Cl)CC2)cc1C1CC1. The number of nitrogens with one attached hydrogen (secondary N) is 1. The number of ether oxygens (including phenoxy) is 1. The normalized spacial score (nSPS) is 17.2. The Bertz CT molecular complexity index is 1160. The minimum atomic E-state index is -3.75. The van der Waals surface area contributed by atoms with Crippen molar-refractivity contribution in [2.75, 3.05) is 30.9 Å². The van der Waals surface area contributed by atoms with Gasteiger partial charge in [-0.2, -0.15) is 0 Å². The summed E-state index contributed by atoms with van der Waals surface area (Å²) in [4.78, 5) is 14.4. The molecule has 1 aliphatic carbocycles. The van der Waals surface area contributed by atoms with E-state index >= 15 is 0 Å². The summed E-state index contributed by atoms with van der Waals surface area (Å²) in [6, 6.07) is 6.94. The van der Waals surface area contributed by atoms with Crippen LogP contribution in [0.1, 0.15) is 47.5 Å². The summed E-state index contributed by atoms with van der Waals surface area (Å²) in [5, 5.41) is 0.374. The highest BCUT2D eigenvalue weighted by atomic mass is 35.5. The van der Waals surface area contributed by atoms with Crippen molar-refractivity contribution in [3.8, 4) is 5.75 Å². The Morgan fingerprint density at radius 2 is 1.85 bits per heavy atom. The van der Waals surface area contributed by atoms with Crippen molar-refractivity contribution in [2.24, 2.45) is 5.92 Å². The van der Waals surface area contributed by atoms with E-state index in [1.54, 1.807) is 6.07 Å². The molecule has 2 aliphatic rings. The zero-order valence-electron chi connectivity index (χ0n) is 18.1. The van der Waals surface area contributed by atoms with Crippen LogP contribution in [-0.2, 0) is 10.0 Å². The van der Waals surface area contributed by atoms with Gasteiger partial charge < -0.3 is 9.64 Å². The summed E-state index contributed by atoms with van der Waals surface area (Å²) in [6.07, 6.45) is 4.20. The first-order valence-electron chi connectivity index (χ1n) is 10.8. The standard InChI is InChI=1S/C23H25ClF2N2O4S/c1-33(30,31)27-23(29)18-11-20(26)22(12-17(18)15-2-3-15)32-13-14-6-8-28(9-7-14)21-5-4-16(25)10-19(21)24/h4-5,10-12,14-15H,2-3,6-9,13H2,1H3,(H,27,29). The lowest BCUT2D eigenvalue weighted by Crippen LogP contribution is -2.35. The van der Waals surface area contributed by atoms with Gasteiger partial charge in [0.1, 0.15) is 5.82 Å². The van der Waals surface area contributed by atoms with Gasteiger partial charge in [-0.25, -0.2) is 21.9 Å². The lowest BCUT2D eigenvalue weighted by molar-refractivity contribution is 0.0980. The predicted octanol–water partition coefficient (Wildman–Crippen LogP) is 4.48. The third-order valence-corrected chi connectivity index (χ3v) is 6.84. The zero-order valence-corrected chi connectivity index (χ0v) is 19.7. The van der Waals surface area contributed by atoms with E-state index in [9.17, 15) is 22.0 Å². The van der Waals surface area contributed by atoms with E-state index in [4.69, 9.17) is 16.3 Å². The fourth-order valence-corrected chi connectivity index (χ4v) is 4.85. The van der Waals surface area contributed by atoms with Crippen molar-refractivity contribution in [3.63, 3.8) is 0 Å². The van der Waals surface area contributed by atoms with Gasteiger partial charge in [0.15, 0.2) is 11.6 Å². The largest absolute Gasteiger partial charge is 0.490 e. The highest BCUT2D eigenvalue weighted by Gasteiger charge is 2.31. The monoisotopic (exact) mass is 498 g/mol. The van der Waals surface area contributed by atoms with E-state index in [0.717, 1.165) is 56.8 Å². The van der Waals surface area contributed by atoms with Gasteiger partial charge in [-0.3, -0.25) is 4.79 Å². The van der Waals surface area contributed by atoms with Crippen molar-refractivity contribution in [3.05, 3.63) is 58.1 Å². The smallest absolute Gasteiger partial charge is 0.265 e. The number of hydrogen-bond donors (Lipinski definition) is 1. The molecule has 2 aromatic rings. The minimum absolute atomic E-state index is 0.0252. The molecule has 178 valence electrons. The summed E-state index contributed by atoms with van der Waals surface area (Å²) in [7, 11) is -3.75. The van der Waals surface area contributed by atoms with Crippen LogP contribution in [0.3, 0.4) is 0 Å². The van der Waals surface area contributed by atoms with Crippen LogP contribution in [0.4, 0.5) is 14.5 Å². The highest BCUT2D eigenvalue weighted by Crippen LogP contribution is 2.43. The first kappa shape index (κ1) is 23.8. The van der Waals surface area contributed by atoms with Gasteiger partial charge in [-0.05, 0) is 73.4 Å². The Morgan fingerprint density at radius 3 is 2.45 bits per heavy atom. The van der Waals surface area contributed by atoms with Crippen molar-refractivity contribution >= 4 is 33.2 Å². The molecule has 0 spiro atoms. The Labute approximate surface area is 196 Å². The van der Waals surface area contributed by atoms with E-state index in [-0.39, 0.29) is 29.0 Å². The molecular weight excluding hydrogens is 474 g/mol. The van der Waals surface area contributed by atoms with Crippen molar-refractivity contribution in [1.29, 1.82) is 0 Å². The van der Waals surface area contributed by atoms with E-state index in [0.29, 0.717) is 17.2 Å². The molecule has 1 N–H and O–H groups in total. The second-order valence-electron chi connectivity index (χ2n) is 8.68. The van der Waals surface area contributed by atoms with Crippen molar-refractivity contribution in [2.45, 2.75) is 31.6 Å². The molecular formula is C23H25ClF2N2O4S. The minimum Gasteiger partial charge on any atom is -0.490 e. The average Bonchev–Trinajstić information content (AvgIpc) is 3.57. The predicted molar refractivity (Wildman–Crippen MR) is 123 cm³/mol. The fraction of sp³-hybridized carbons (Fsp3) is 0.435. The molecule has 1 amide bonds. The lowest BCUT2D eigenvalue weighted by atomic mass is 9.97. The Balaban J connectivity index is 1.40. The number of hydrogen-bond acceptors (Lipinski definition) is 5. The van der Waals surface area contributed by atoms with Crippen LogP contribution in [0, 0.1) is 17.6 Å². The molecule has 1 heterocycles. The molecule has 1 saturated carbocycles. The van der Waals surface area contributed by atoms with Crippen LogP contribution in [0.5, 0.6) is 5.75 Å². The summed E-state index contributed by atoms with van der Waals surface area (Å²) < 4.78 is 58.5. The number of halogens is 3. The summed E-state index contributed by atoms with van der Waals surface area (Å²) in [6.45, 7) is 1.76.